The third-order valence-electron chi connectivity index (χ3n) is 4.16. The van der Waals surface area contributed by atoms with Gasteiger partial charge in [-0.1, -0.05) is 48.0 Å². The second-order valence-electron chi connectivity index (χ2n) is 5.69. The zero-order valence-corrected chi connectivity index (χ0v) is 13.9. The molecule has 2 aromatic carbocycles. The van der Waals surface area contributed by atoms with Crippen LogP contribution in [0.15, 0.2) is 54.7 Å². The lowest BCUT2D eigenvalue weighted by atomic mass is 9.83. The molecular formula is C19H16ClN3O. The Labute approximate surface area is 145 Å². The molecule has 3 aromatic rings. The van der Waals surface area contributed by atoms with Gasteiger partial charge in [-0.15, -0.1) is 0 Å². The molecular weight excluding hydrogens is 322 g/mol. The van der Waals surface area contributed by atoms with Crippen LogP contribution in [0.3, 0.4) is 0 Å². The van der Waals surface area contributed by atoms with Crippen LogP contribution in [0.4, 0.5) is 0 Å². The molecule has 5 heteroatoms. The third kappa shape index (κ3) is 2.92. The Bertz CT molecular complexity index is 878. The number of rotatable bonds is 4. The van der Waals surface area contributed by atoms with Gasteiger partial charge in [0.2, 0.25) is 0 Å². The highest BCUT2D eigenvalue weighted by atomic mass is 35.5. The van der Waals surface area contributed by atoms with Gasteiger partial charge >= 0.3 is 0 Å². The number of H-pyrrole nitrogens is 1. The molecule has 0 amide bonds. The number of nitrogens with zero attached hydrogens (tertiary/aromatic N) is 2. The number of aryl methyl sites for hydroxylation is 1. The molecule has 0 aliphatic rings. The van der Waals surface area contributed by atoms with E-state index in [1.165, 1.54) is 0 Å². The van der Waals surface area contributed by atoms with E-state index < -0.39 is 5.60 Å². The molecule has 1 atom stereocenters. The van der Waals surface area contributed by atoms with Gasteiger partial charge < -0.3 is 5.11 Å². The molecule has 3 rings (SSSR count). The van der Waals surface area contributed by atoms with Crippen LogP contribution in [0.25, 0.3) is 11.1 Å². The van der Waals surface area contributed by atoms with E-state index >= 15 is 0 Å². The second kappa shape index (κ2) is 6.48. The summed E-state index contributed by atoms with van der Waals surface area (Å²) in [5.74, 6) is 0. The fourth-order valence-electron chi connectivity index (χ4n) is 2.78. The summed E-state index contributed by atoms with van der Waals surface area (Å²) >= 11 is 5.92. The first-order valence-electron chi connectivity index (χ1n) is 7.51. The summed E-state index contributed by atoms with van der Waals surface area (Å²) in [5.41, 5.74) is 2.92. The lowest BCUT2D eigenvalue weighted by molar-refractivity contribution is 0.0860. The Balaban J connectivity index is 2.02. The van der Waals surface area contributed by atoms with Crippen LogP contribution in [0.2, 0.25) is 5.02 Å². The summed E-state index contributed by atoms with van der Waals surface area (Å²) in [6.45, 7) is 1.95. The molecule has 2 N–H and O–H groups in total. The van der Waals surface area contributed by atoms with Crippen molar-refractivity contribution in [2.45, 2.75) is 18.9 Å². The van der Waals surface area contributed by atoms with E-state index in [-0.39, 0.29) is 6.42 Å². The van der Waals surface area contributed by atoms with Crippen molar-refractivity contribution in [3.63, 3.8) is 0 Å². The molecule has 0 fully saturated rings. The zero-order chi connectivity index (χ0) is 17.2. The van der Waals surface area contributed by atoms with Crippen molar-refractivity contribution in [2.75, 3.05) is 0 Å². The highest BCUT2D eigenvalue weighted by Gasteiger charge is 2.31. The molecule has 1 heterocycles. The highest BCUT2D eigenvalue weighted by Crippen LogP contribution is 2.34. The van der Waals surface area contributed by atoms with Gasteiger partial charge in [0.25, 0.3) is 0 Å². The van der Waals surface area contributed by atoms with E-state index in [4.69, 9.17) is 11.6 Å². The summed E-state index contributed by atoms with van der Waals surface area (Å²) < 4.78 is 0. The number of nitriles is 1. The number of aliphatic hydroxyl groups is 1. The molecule has 4 nitrogen and oxygen atoms in total. The molecule has 0 spiro atoms. The lowest BCUT2D eigenvalue weighted by Gasteiger charge is -2.27. The largest absolute Gasteiger partial charge is 0.379 e. The first kappa shape index (κ1) is 16.3. The third-order valence-corrected chi connectivity index (χ3v) is 4.41. The maximum atomic E-state index is 11.1. The Morgan fingerprint density at radius 3 is 2.21 bits per heavy atom. The van der Waals surface area contributed by atoms with Crippen molar-refractivity contribution in [3.8, 4) is 17.2 Å². The molecule has 0 saturated carbocycles. The molecule has 1 aromatic heterocycles. The van der Waals surface area contributed by atoms with Gasteiger partial charge in [-0.05, 0) is 35.7 Å². The van der Waals surface area contributed by atoms with Gasteiger partial charge in [0.1, 0.15) is 5.60 Å². The topological polar surface area (TPSA) is 72.7 Å². The SMILES string of the molecule is Cc1[nH]ncc1-c1ccc(C(O)(CC#N)c2ccc(Cl)cc2)cc1. The van der Waals surface area contributed by atoms with Gasteiger partial charge in [0.05, 0.1) is 18.7 Å². The van der Waals surface area contributed by atoms with E-state index in [0.717, 1.165) is 16.8 Å². The number of benzene rings is 2. The Morgan fingerprint density at radius 2 is 1.71 bits per heavy atom. The number of hydrogen-bond donors (Lipinski definition) is 2. The number of aromatic nitrogens is 2. The minimum Gasteiger partial charge on any atom is -0.379 e. The second-order valence-corrected chi connectivity index (χ2v) is 6.12. The minimum absolute atomic E-state index is 0.0429. The first-order chi connectivity index (χ1) is 11.5. The van der Waals surface area contributed by atoms with Crippen LogP contribution in [-0.4, -0.2) is 15.3 Å². The van der Waals surface area contributed by atoms with Gasteiger partial charge in [-0.2, -0.15) is 10.4 Å². The molecule has 1 unspecified atom stereocenters. The molecule has 0 saturated heterocycles. The van der Waals surface area contributed by atoms with Crippen LogP contribution >= 0.6 is 11.6 Å². The summed E-state index contributed by atoms with van der Waals surface area (Å²) in [5, 5.41) is 27.8. The lowest BCUT2D eigenvalue weighted by Crippen LogP contribution is -2.26. The average Bonchev–Trinajstić information content (AvgIpc) is 3.02. The van der Waals surface area contributed by atoms with E-state index in [0.29, 0.717) is 16.1 Å². The van der Waals surface area contributed by atoms with E-state index in [1.807, 2.05) is 31.2 Å². The fourth-order valence-corrected chi connectivity index (χ4v) is 2.90. The number of nitrogens with one attached hydrogen (secondary N) is 1. The number of aromatic amines is 1. The standard InChI is InChI=1S/C19H16ClN3O/c1-13-18(12-22-23-13)14-2-4-15(5-3-14)19(24,10-11-21)16-6-8-17(20)9-7-16/h2-9,12,24H,10H2,1H3,(H,22,23). The summed E-state index contributed by atoms with van der Waals surface area (Å²) in [6.07, 6.45) is 1.73. The Morgan fingerprint density at radius 1 is 1.12 bits per heavy atom. The number of hydrogen-bond acceptors (Lipinski definition) is 3. The van der Waals surface area contributed by atoms with Crippen molar-refractivity contribution in [2.24, 2.45) is 0 Å². The van der Waals surface area contributed by atoms with Crippen molar-refractivity contribution in [1.82, 2.24) is 10.2 Å². The fraction of sp³-hybridized carbons (Fsp3) is 0.158. The molecule has 0 aliphatic carbocycles. The van der Waals surface area contributed by atoms with Gasteiger partial charge in [0, 0.05) is 16.3 Å². The molecule has 24 heavy (non-hydrogen) atoms. The average molecular weight is 338 g/mol. The molecule has 0 bridgehead atoms. The minimum atomic E-state index is -1.37. The molecule has 0 radical (unpaired) electrons. The van der Waals surface area contributed by atoms with Crippen molar-refractivity contribution < 1.29 is 5.11 Å². The summed E-state index contributed by atoms with van der Waals surface area (Å²) in [4.78, 5) is 0. The predicted octanol–water partition coefficient (Wildman–Crippen LogP) is 4.19. The smallest absolute Gasteiger partial charge is 0.128 e. The van der Waals surface area contributed by atoms with E-state index in [9.17, 15) is 10.4 Å². The molecule has 0 aliphatic heterocycles. The molecule has 120 valence electrons. The first-order valence-corrected chi connectivity index (χ1v) is 7.88. The van der Waals surface area contributed by atoms with E-state index in [2.05, 4.69) is 16.3 Å². The summed E-state index contributed by atoms with van der Waals surface area (Å²) in [7, 11) is 0. The van der Waals surface area contributed by atoms with Gasteiger partial charge in [-0.25, -0.2) is 0 Å². The Hall–Kier alpha value is -2.61. The highest BCUT2D eigenvalue weighted by molar-refractivity contribution is 6.30. The van der Waals surface area contributed by atoms with Crippen LogP contribution in [0, 0.1) is 18.3 Å². The summed E-state index contributed by atoms with van der Waals surface area (Å²) in [6, 6.07) is 16.5. The van der Waals surface area contributed by atoms with Crippen LogP contribution in [0.5, 0.6) is 0 Å². The van der Waals surface area contributed by atoms with Gasteiger partial charge in [-0.3, -0.25) is 5.10 Å². The zero-order valence-electron chi connectivity index (χ0n) is 13.1. The monoisotopic (exact) mass is 337 g/mol. The van der Waals surface area contributed by atoms with Crippen LogP contribution < -0.4 is 0 Å². The predicted molar refractivity (Wildman–Crippen MR) is 93.4 cm³/mol. The van der Waals surface area contributed by atoms with Gasteiger partial charge in [0.15, 0.2) is 0 Å². The maximum absolute atomic E-state index is 11.1. The van der Waals surface area contributed by atoms with Crippen molar-refractivity contribution >= 4 is 11.6 Å². The van der Waals surface area contributed by atoms with Crippen molar-refractivity contribution in [1.29, 1.82) is 5.26 Å². The van der Waals surface area contributed by atoms with Crippen LogP contribution in [-0.2, 0) is 5.60 Å². The quantitative estimate of drug-likeness (QED) is 0.749. The van der Waals surface area contributed by atoms with Crippen molar-refractivity contribution in [3.05, 3.63) is 76.6 Å². The van der Waals surface area contributed by atoms with E-state index in [1.54, 1.807) is 30.5 Å². The number of halogens is 1. The normalized spacial score (nSPS) is 13.2. The maximum Gasteiger partial charge on any atom is 0.128 e. The van der Waals surface area contributed by atoms with Crippen LogP contribution in [0.1, 0.15) is 23.2 Å². The Kier molecular flexibility index (Phi) is 4.39.